The second-order valence-electron chi connectivity index (χ2n) is 5.68. The van der Waals surface area contributed by atoms with Gasteiger partial charge in [-0.1, -0.05) is 32.9 Å². The predicted molar refractivity (Wildman–Crippen MR) is 76.4 cm³/mol. The van der Waals surface area contributed by atoms with Crippen LogP contribution < -0.4 is 4.74 Å². The fraction of sp³-hybridized carbons (Fsp3) is 0.625. The first kappa shape index (κ1) is 15.0. The number of methoxy groups -OCH3 is 1. The van der Waals surface area contributed by atoms with Gasteiger partial charge in [-0.25, -0.2) is 0 Å². The minimum absolute atomic E-state index is 0.207. The van der Waals surface area contributed by atoms with Crippen LogP contribution in [-0.4, -0.2) is 20.3 Å². The third kappa shape index (κ3) is 5.54. The van der Waals surface area contributed by atoms with Crippen molar-refractivity contribution in [2.75, 3.05) is 20.3 Å². The SMILES string of the molecule is COCCCCCOc1ccc(C(C)(C)C)cc1. The minimum atomic E-state index is 0.207. The predicted octanol–water partition coefficient (Wildman–Crippen LogP) is 4.18. The smallest absolute Gasteiger partial charge is 0.119 e. The van der Waals surface area contributed by atoms with E-state index < -0.39 is 0 Å². The zero-order valence-corrected chi connectivity index (χ0v) is 12.2. The van der Waals surface area contributed by atoms with Gasteiger partial charge >= 0.3 is 0 Å². The summed E-state index contributed by atoms with van der Waals surface area (Å²) < 4.78 is 10.7. The van der Waals surface area contributed by atoms with Gasteiger partial charge in [-0.05, 0) is 42.4 Å². The van der Waals surface area contributed by atoms with Gasteiger partial charge in [0.2, 0.25) is 0 Å². The van der Waals surface area contributed by atoms with E-state index in [1.54, 1.807) is 7.11 Å². The second kappa shape index (κ2) is 7.42. The first-order chi connectivity index (χ1) is 8.54. The van der Waals surface area contributed by atoms with Gasteiger partial charge in [0, 0.05) is 13.7 Å². The maximum absolute atomic E-state index is 5.71. The Hall–Kier alpha value is -1.02. The monoisotopic (exact) mass is 250 g/mol. The van der Waals surface area contributed by atoms with Crippen molar-refractivity contribution >= 4 is 0 Å². The summed E-state index contributed by atoms with van der Waals surface area (Å²) in [5.74, 6) is 0.967. The first-order valence-electron chi connectivity index (χ1n) is 6.76. The summed E-state index contributed by atoms with van der Waals surface area (Å²) in [4.78, 5) is 0. The highest BCUT2D eigenvalue weighted by atomic mass is 16.5. The molecule has 0 heterocycles. The highest BCUT2D eigenvalue weighted by Crippen LogP contribution is 2.24. The topological polar surface area (TPSA) is 18.5 Å². The molecule has 0 radical (unpaired) electrons. The molecule has 102 valence electrons. The molecule has 0 amide bonds. The lowest BCUT2D eigenvalue weighted by Crippen LogP contribution is -2.10. The Morgan fingerprint density at radius 1 is 0.889 bits per heavy atom. The molecule has 0 unspecified atom stereocenters. The van der Waals surface area contributed by atoms with Crippen molar-refractivity contribution in [3.8, 4) is 5.75 Å². The Morgan fingerprint density at radius 3 is 2.06 bits per heavy atom. The number of ether oxygens (including phenoxy) is 2. The second-order valence-corrected chi connectivity index (χ2v) is 5.68. The van der Waals surface area contributed by atoms with Gasteiger partial charge < -0.3 is 9.47 Å². The van der Waals surface area contributed by atoms with Crippen LogP contribution >= 0.6 is 0 Å². The Kier molecular flexibility index (Phi) is 6.20. The van der Waals surface area contributed by atoms with Crippen LogP contribution in [0.5, 0.6) is 5.75 Å². The summed E-state index contributed by atoms with van der Waals surface area (Å²) in [5, 5.41) is 0. The molecule has 0 atom stereocenters. The summed E-state index contributed by atoms with van der Waals surface area (Å²) in [6, 6.07) is 8.44. The van der Waals surface area contributed by atoms with Crippen LogP contribution in [0.4, 0.5) is 0 Å². The third-order valence-corrected chi connectivity index (χ3v) is 2.98. The number of rotatable bonds is 7. The summed E-state index contributed by atoms with van der Waals surface area (Å²) in [6.07, 6.45) is 3.36. The minimum Gasteiger partial charge on any atom is -0.494 e. The van der Waals surface area contributed by atoms with E-state index in [1.165, 1.54) is 5.56 Å². The maximum Gasteiger partial charge on any atom is 0.119 e. The molecule has 2 heteroatoms. The summed E-state index contributed by atoms with van der Waals surface area (Å²) >= 11 is 0. The summed E-state index contributed by atoms with van der Waals surface area (Å²) in [6.45, 7) is 8.30. The standard InChI is InChI=1S/C16H26O2/c1-16(2,3)14-8-10-15(11-9-14)18-13-7-5-6-12-17-4/h8-11H,5-7,12-13H2,1-4H3. The van der Waals surface area contributed by atoms with E-state index in [4.69, 9.17) is 9.47 Å². The van der Waals surface area contributed by atoms with Gasteiger partial charge in [0.25, 0.3) is 0 Å². The number of unbranched alkanes of at least 4 members (excludes halogenated alkanes) is 2. The lowest BCUT2D eigenvalue weighted by molar-refractivity contribution is 0.189. The molecule has 0 saturated carbocycles. The van der Waals surface area contributed by atoms with Crippen molar-refractivity contribution in [2.45, 2.75) is 45.4 Å². The molecule has 0 aliphatic heterocycles. The van der Waals surface area contributed by atoms with E-state index in [1.807, 2.05) is 0 Å². The van der Waals surface area contributed by atoms with E-state index >= 15 is 0 Å². The number of hydrogen-bond acceptors (Lipinski definition) is 2. The van der Waals surface area contributed by atoms with Crippen LogP contribution in [-0.2, 0) is 10.2 Å². The number of hydrogen-bond donors (Lipinski definition) is 0. The van der Waals surface area contributed by atoms with E-state index in [0.717, 1.165) is 38.2 Å². The van der Waals surface area contributed by atoms with Gasteiger partial charge in [0.1, 0.15) is 5.75 Å². The van der Waals surface area contributed by atoms with Gasteiger partial charge in [-0.2, -0.15) is 0 Å². The number of benzene rings is 1. The zero-order valence-electron chi connectivity index (χ0n) is 12.2. The van der Waals surface area contributed by atoms with Crippen LogP contribution in [0.15, 0.2) is 24.3 Å². The lowest BCUT2D eigenvalue weighted by Gasteiger charge is -2.19. The van der Waals surface area contributed by atoms with E-state index in [-0.39, 0.29) is 5.41 Å². The molecule has 1 rings (SSSR count). The van der Waals surface area contributed by atoms with Gasteiger partial charge in [0.15, 0.2) is 0 Å². The van der Waals surface area contributed by atoms with Crippen molar-refractivity contribution in [3.05, 3.63) is 29.8 Å². The molecule has 0 N–H and O–H groups in total. The van der Waals surface area contributed by atoms with Crippen molar-refractivity contribution < 1.29 is 9.47 Å². The average Bonchev–Trinajstić information content (AvgIpc) is 2.33. The molecular weight excluding hydrogens is 224 g/mol. The third-order valence-electron chi connectivity index (χ3n) is 2.98. The molecule has 0 aliphatic carbocycles. The molecule has 0 saturated heterocycles. The van der Waals surface area contributed by atoms with Crippen LogP contribution in [0.25, 0.3) is 0 Å². The van der Waals surface area contributed by atoms with Crippen LogP contribution in [0.1, 0.15) is 45.6 Å². The van der Waals surface area contributed by atoms with Crippen LogP contribution in [0, 0.1) is 0 Å². The van der Waals surface area contributed by atoms with E-state index in [9.17, 15) is 0 Å². The Morgan fingerprint density at radius 2 is 1.50 bits per heavy atom. The van der Waals surface area contributed by atoms with Crippen molar-refractivity contribution in [1.29, 1.82) is 0 Å². The largest absolute Gasteiger partial charge is 0.494 e. The average molecular weight is 250 g/mol. The van der Waals surface area contributed by atoms with E-state index in [0.29, 0.717) is 0 Å². The summed E-state index contributed by atoms with van der Waals surface area (Å²) in [7, 11) is 1.74. The first-order valence-corrected chi connectivity index (χ1v) is 6.76. The van der Waals surface area contributed by atoms with Gasteiger partial charge in [-0.3, -0.25) is 0 Å². The van der Waals surface area contributed by atoms with E-state index in [2.05, 4.69) is 45.0 Å². The Balaban J connectivity index is 2.27. The molecule has 1 aromatic rings. The Bertz CT molecular complexity index is 322. The molecule has 18 heavy (non-hydrogen) atoms. The highest BCUT2D eigenvalue weighted by Gasteiger charge is 2.12. The highest BCUT2D eigenvalue weighted by molar-refractivity contribution is 5.31. The molecular formula is C16H26O2. The molecule has 0 aliphatic rings. The van der Waals surface area contributed by atoms with Gasteiger partial charge in [-0.15, -0.1) is 0 Å². The molecule has 0 bridgehead atoms. The molecule has 0 spiro atoms. The van der Waals surface area contributed by atoms with Crippen molar-refractivity contribution in [2.24, 2.45) is 0 Å². The Labute approximate surface area is 111 Å². The van der Waals surface area contributed by atoms with Gasteiger partial charge in [0.05, 0.1) is 6.61 Å². The fourth-order valence-electron chi connectivity index (χ4n) is 1.77. The lowest BCUT2D eigenvalue weighted by atomic mass is 9.87. The fourth-order valence-corrected chi connectivity index (χ4v) is 1.77. The maximum atomic E-state index is 5.71. The zero-order chi connectivity index (χ0) is 13.4. The summed E-state index contributed by atoms with van der Waals surface area (Å²) in [5.41, 5.74) is 1.55. The van der Waals surface area contributed by atoms with Crippen molar-refractivity contribution in [3.63, 3.8) is 0 Å². The quantitative estimate of drug-likeness (QED) is 0.676. The molecule has 1 aromatic carbocycles. The van der Waals surface area contributed by atoms with Crippen LogP contribution in [0.3, 0.4) is 0 Å². The van der Waals surface area contributed by atoms with Crippen molar-refractivity contribution in [1.82, 2.24) is 0 Å². The van der Waals surface area contributed by atoms with Crippen LogP contribution in [0.2, 0.25) is 0 Å². The molecule has 0 aromatic heterocycles. The molecule has 0 fully saturated rings. The molecule has 2 nitrogen and oxygen atoms in total. The normalized spacial score (nSPS) is 11.6.